The van der Waals surface area contributed by atoms with Crippen LogP contribution in [0.1, 0.15) is 88.9 Å². The summed E-state index contributed by atoms with van der Waals surface area (Å²) in [4.78, 5) is 29.3. The van der Waals surface area contributed by atoms with Gasteiger partial charge in [-0.15, -0.1) is 0 Å². The molecule has 43 heavy (non-hydrogen) atoms. The first-order chi connectivity index (χ1) is 20.4. The van der Waals surface area contributed by atoms with Crippen LogP contribution < -0.4 is 9.47 Å². The van der Waals surface area contributed by atoms with E-state index in [9.17, 15) is 19.8 Å². The molecular weight excluding hydrogens is 558 g/mol. The van der Waals surface area contributed by atoms with Crippen LogP contribution in [0.4, 0.5) is 0 Å². The van der Waals surface area contributed by atoms with Gasteiger partial charge in [0, 0.05) is 31.5 Å². The monoisotopic (exact) mass is 601 g/mol. The molecule has 1 aromatic rings. The van der Waals surface area contributed by atoms with Crippen LogP contribution in [0.5, 0.6) is 11.5 Å². The lowest BCUT2D eigenvalue weighted by Gasteiger charge is -2.40. The highest BCUT2D eigenvalue weighted by Gasteiger charge is 2.72. The normalized spacial score (nSPS) is 31.9. The number of rotatable bonds is 11. The Balaban J connectivity index is 1.36. The number of carbonyl (C=O) groups excluding carboxylic acids is 2. The van der Waals surface area contributed by atoms with Crippen molar-refractivity contribution in [2.24, 2.45) is 0 Å². The Hall–Kier alpha value is -2.70. The van der Waals surface area contributed by atoms with Crippen LogP contribution in [0.3, 0.4) is 0 Å². The van der Waals surface area contributed by atoms with Gasteiger partial charge in [-0.1, -0.05) is 12.2 Å². The van der Waals surface area contributed by atoms with Crippen LogP contribution >= 0.6 is 0 Å². The van der Waals surface area contributed by atoms with E-state index in [0.29, 0.717) is 30.9 Å². The van der Waals surface area contributed by atoms with Crippen LogP contribution in [-0.4, -0.2) is 89.3 Å². The van der Waals surface area contributed by atoms with Crippen molar-refractivity contribution in [3.05, 3.63) is 35.4 Å². The van der Waals surface area contributed by atoms with Crippen molar-refractivity contribution >= 4 is 11.9 Å². The number of allylic oxidation sites excluding steroid dienone is 1. The molecule has 5 heterocycles. The fraction of sp³-hybridized carbons (Fsp3) is 0.688. The van der Waals surface area contributed by atoms with Crippen molar-refractivity contribution in [2.75, 3.05) is 33.6 Å². The van der Waals surface area contributed by atoms with Crippen LogP contribution in [0.15, 0.2) is 24.3 Å². The SMILES string of the molecule is C/C=C/COC(=O)CC(O)(CCCC(C)(C)O)C(=O)OC1C2c3cc4c(cc3C3CN5CCCC25CC1(OC)O3)OCO4. The number of methoxy groups -OCH3 is 1. The predicted octanol–water partition coefficient (Wildman–Crippen LogP) is 3.26. The summed E-state index contributed by atoms with van der Waals surface area (Å²) in [5.74, 6) is -1.98. The van der Waals surface area contributed by atoms with Crippen molar-refractivity contribution in [1.29, 1.82) is 0 Å². The Morgan fingerprint density at radius 1 is 1.16 bits per heavy atom. The lowest BCUT2D eigenvalue weighted by Crippen LogP contribution is -2.52. The zero-order chi connectivity index (χ0) is 30.6. The predicted molar refractivity (Wildman–Crippen MR) is 152 cm³/mol. The summed E-state index contributed by atoms with van der Waals surface area (Å²) < 4.78 is 36.0. The van der Waals surface area contributed by atoms with Gasteiger partial charge in [-0.3, -0.25) is 9.69 Å². The smallest absolute Gasteiger partial charge is 0.339 e. The first kappa shape index (κ1) is 30.3. The summed E-state index contributed by atoms with van der Waals surface area (Å²) in [6.45, 7) is 6.84. The van der Waals surface area contributed by atoms with E-state index in [1.54, 1.807) is 40.0 Å². The molecule has 4 bridgehead atoms. The number of nitrogens with zero attached hydrogens (tertiary/aromatic N) is 1. The maximum atomic E-state index is 14.1. The van der Waals surface area contributed by atoms with Gasteiger partial charge in [-0.05, 0) is 82.7 Å². The topological polar surface area (TPSA) is 133 Å². The van der Waals surface area contributed by atoms with E-state index in [0.717, 1.165) is 30.5 Å². The molecule has 6 unspecified atom stereocenters. The first-order valence-electron chi connectivity index (χ1n) is 15.3. The molecule has 0 amide bonds. The molecule has 2 saturated heterocycles. The Kier molecular flexibility index (Phi) is 7.78. The Bertz CT molecular complexity index is 1290. The molecule has 0 aromatic heterocycles. The summed E-state index contributed by atoms with van der Waals surface area (Å²) >= 11 is 0. The molecule has 2 N–H and O–H groups in total. The summed E-state index contributed by atoms with van der Waals surface area (Å²) in [7, 11) is 1.56. The van der Waals surface area contributed by atoms with Crippen LogP contribution in [0.2, 0.25) is 0 Å². The minimum atomic E-state index is -2.18. The second-order valence-electron chi connectivity index (χ2n) is 13.2. The van der Waals surface area contributed by atoms with Gasteiger partial charge in [0.2, 0.25) is 12.6 Å². The molecule has 11 heteroatoms. The van der Waals surface area contributed by atoms with E-state index in [1.165, 1.54) is 0 Å². The molecule has 11 nitrogen and oxygen atoms in total. The van der Waals surface area contributed by atoms with Crippen LogP contribution in [0, 0.1) is 0 Å². The highest BCUT2D eigenvalue weighted by molar-refractivity contribution is 5.86. The number of aliphatic hydroxyl groups is 2. The molecule has 7 rings (SSSR count). The largest absolute Gasteiger partial charge is 0.461 e. The van der Waals surface area contributed by atoms with E-state index in [2.05, 4.69) is 4.90 Å². The summed E-state index contributed by atoms with van der Waals surface area (Å²) in [6, 6.07) is 3.95. The van der Waals surface area contributed by atoms with E-state index in [1.807, 2.05) is 12.1 Å². The van der Waals surface area contributed by atoms with Crippen molar-refractivity contribution in [1.82, 2.24) is 4.90 Å². The Labute approximate surface area is 252 Å². The molecule has 3 fully saturated rings. The zero-order valence-corrected chi connectivity index (χ0v) is 25.4. The van der Waals surface area contributed by atoms with Crippen molar-refractivity contribution in [3.63, 3.8) is 0 Å². The minimum absolute atomic E-state index is 0.0299. The second-order valence-corrected chi connectivity index (χ2v) is 13.2. The highest BCUT2D eigenvalue weighted by atomic mass is 16.7. The number of fused-ring (bicyclic) bond motifs is 1. The first-order valence-corrected chi connectivity index (χ1v) is 15.3. The fourth-order valence-electron chi connectivity index (χ4n) is 7.90. The summed E-state index contributed by atoms with van der Waals surface area (Å²) in [5.41, 5.74) is -1.66. The lowest BCUT2D eigenvalue weighted by molar-refractivity contribution is -0.284. The van der Waals surface area contributed by atoms with Gasteiger partial charge in [0.25, 0.3) is 0 Å². The number of esters is 2. The molecule has 0 radical (unpaired) electrons. The van der Waals surface area contributed by atoms with E-state index in [-0.39, 0.29) is 43.8 Å². The van der Waals surface area contributed by atoms with Gasteiger partial charge in [0.1, 0.15) is 6.61 Å². The van der Waals surface area contributed by atoms with Gasteiger partial charge in [0.15, 0.2) is 23.2 Å². The zero-order valence-electron chi connectivity index (χ0n) is 25.4. The molecule has 1 spiro atoms. The number of hydrogen-bond donors (Lipinski definition) is 2. The molecule has 5 aliphatic heterocycles. The number of carbonyl (C=O) groups is 2. The quantitative estimate of drug-likeness (QED) is 0.286. The average Bonchev–Trinajstić information content (AvgIpc) is 3.57. The number of benzene rings is 1. The molecule has 1 aromatic carbocycles. The third-order valence-electron chi connectivity index (χ3n) is 9.87. The van der Waals surface area contributed by atoms with E-state index < -0.39 is 41.5 Å². The van der Waals surface area contributed by atoms with E-state index >= 15 is 0 Å². The van der Waals surface area contributed by atoms with Gasteiger partial charge >= 0.3 is 11.9 Å². The Morgan fingerprint density at radius 3 is 2.60 bits per heavy atom. The standard InChI is InChI=1S/C32H43NO10/c1-5-6-13-39-25(34)16-31(37,11-7-9-29(2,3)36)28(35)42-27-26-21-15-23-22(40-19-41-23)14-20(21)24-17-33-12-8-10-30(26,33)18-32(27,38-4)43-24/h5-6,14-15,24,26-27,36-37H,7-13,16-19H2,1-4H3/b6-5+. The molecule has 1 saturated carbocycles. The summed E-state index contributed by atoms with van der Waals surface area (Å²) in [5, 5.41) is 22.1. The van der Waals surface area contributed by atoms with Crippen molar-refractivity contribution < 1.29 is 48.2 Å². The van der Waals surface area contributed by atoms with E-state index in [4.69, 9.17) is 28.4 Å². The second kappa shape index (κ2) is 11.0. The fourth-order valence-corrected chi connectivity index (χ4v) is 7.90. The molecule has 6 atom stereocenters. The number of hydrogen-bond acceptors (Lipinski definition) is 11. The maximum absolute atomic E-state index is 14.1. The van der Waals surface area contributed by atoms with Crippen LogP contribution in [-0.2, 0) is 28.5 Å². The van der Waals surface area contributed by atoms with Gasteiger partial charge in [-0.2, -0.15) is 0 Å². The maximum Gasteiger partial charge on any atom is 0.339 e. The van der Waals surface area contributed by atoms with Gasteiger partial charge in [-0.25, -0.2) is 4.79 Å². The molecule has 236 valence electrons. The van der Waals surface area contributed by atoms with Gasteiger partial charge in [0.05, 0.1) is 18.1 Å². The van der Waals surface area contributed by atoms with Crippen molar-refractivity contribution in [2.45, 2.75) is 106 Å². The summed E-state index contributed by atoms with van der Waals surface area (Å²) in [6.07, 6.45) is 4.41. The molecule has 1 aliphatic carbocycles. The van der Waals surface area contributed by atoms with Crippen molar-refractivity contribution in [3.8, 4) is 11.5 Å². The van der Waals surface area contributed by atoms with Gasteiger partial charge < -0.3 is 38.6 Å². The number of ether oxygens (including phenoxy) is 6. The van der Waals surface area contributed by atoms with Crippen LogP contribution in [0.25, 0.3) is 0 Å². The molecular formula is C32H43NO10. The third-order valence-corrected chi connectivity index (χ3v) is 9.87. The highest BCUT2D eigenvalue weighted by Crippen LogP contribution is 2.65. The molecule has 6 aliphatic rings. The minimum Gasteiger partial charge on any atom is -0.461 e. The Morgan fingerprint density at radius 2 is 1.91 bits per heavy atom. The third kappa shape index (κ3) is 5.22. The average molecular weight is 602 g/mol. The lowest BCUT2D eigenvalue weighted by atomic mass is 9.78.